The second-order valence-corrected chi connectivity index (χ2v) is 5.31. The maximum absolute atomic E-state index is 12.3. The molecule has 19 heavy (non-hydrogen) atoms. The molecular weight excluding hydrogens is 284 g/mol. The molecule has 0 saturated heterocycles. The maximum atomic E-state index is 12.3. The average molecular weight is 291 g/mol. The number of hydrogen-bond acceptors (Lipinski definition) is 4. The molecule has 2 aromatic heterocycles. The van der Waals surface area contributed by atoms with Crippen LogP contribution in [0.5, 0.6) is 0 Å². The Hall–Kier alpha value is -1.91. The van der Waals surface area contributed by atoms with Crippen LogP contribution in [0.3, 0.4) is 0 Å². The summed E-state index contributed by atoms with van der Waals surface area (Å²) >= 11 is 7.15. The minimum atomic E-state index is -0.359. The van der Waals surface area contributed by atoms with E-state index in [4.69, 9.17) is 16.0 Å². The summed E-state index contributed by atoms with van der Waals surface area (Å²) < 4.78 is 5.32. The molecule has 5 heteroatoms. The van der Waals surface area contributed by atoms with Crippen LogP contribution in [0.1, 0.15) is 15.2 Å². The molecule has 0 aliphatic heterocycles. The van der Waals surface area contributed by atoms with Crippen molar-refractivity contribution in [3.8, 4) is 0 Å². The summed E-state index contributed by atoms with van der Waals surface area (Å²) in [5.41, 5.74) is 0.0801. The fourth-order valence-electron chi connectivity index (χ4n) is 1.80. The summed E-state index contributed by atoms with van der Waals surface area (Å²) in [6.07, 6.45) is 1.21. The van der Waals surface area contributed by atoms with E-state index in [1.165, 1.54) is 23.7 Å². The normalized spacial score (nSPS) is 10.8. The first-order chi connectivity index (χ1) is 9.16. The lowest BCUT2D eigenvalue weighted by Crippen LogP contribution is -2.14. The molecule has 0 amide bonds. The van der Waals surface area contributed by atoms with Gasteiger partial charge in [-0.15, -0.1) is 11.3 Å². The molecule has 3 nitrogen and oxygen atoms in total. The molecular formula is C14H7ClO3S. The van der Waals surface area contributed by atoms with E-state index in [2.05, 4.69) is 0 Å². The Bertz CT molecular complexity index is 818. The summed E-state index contributed by atoms with van der Waals surface area (Å²) in [5.74, 6) is -0.328. The van der Waals surface area contributed by atoms with E-state index >= 15 is 0 Å². The van der Waals surface area contributed by atoms with Crippen LogP contribution < -0.4 is 5.43 Å². The van der Waals surface area contributed by atoms with Crippen LogP contribution in [0.2, 0.25) is 5.02 Å². The monoisotopic (exact) mass is 290 g/mol. The second kappa shape index (κ2) is 4.64. The van der Waals surface area contributed by atoms with E-state index in [0.717, 1.165) is 0 Å². The van der Waals surface area contributed by atoms with Crippen molar-refractivity contribution in [2.24, 2.45) is 0 Å². The number of carbonyl (C=O) groups is 1. The first-order valence-electron chi connectivity index (χ1n) is 5.46. The number of ketones is 1. The van der Waals surface area contributed by atoms with Crippen molar-refractivity contribution in [1.82, 2.24) is 0 Å². The zero-order valence-electron chi connectivity index (χ0n) is 9.55. The molecule has 0 atom stereocenters. The van der Waals surface area contributed by atoms with Crippen LogP contribution in [-0.2, 0) is 0 Å². The Morgan fingerprint density at radius 2 is 2.11 bits per heavy atom. The number of carbonyl (C=O) groups excluding carboxylic acids is 1. The van der Waals surface area contributed by atoms with Crippen molar-refractivity contribution in [2.45, 2.75) is 0 Å². The van der Waals surface area contributed by atoms with Gasteiger partial charge in [-0.3, -0.25) is 9.59 Å². The summed E-state index contributed by atoms with van der Waals surface area (Å²) in [5, 5.41) is 2.53. The predicted octanol–water partition coefficient (Wildman–Crippen LogP) is 3.74. The van der Waals surface area contributed by atoms with Gasteiger partial charge in [-0.1, -0.05) is 17.7 Å². The molecule has 3 aromatic rings. The highest BCUT2D eigenvalue weighted by Gasteiger charge is 2.17. The third-order valence-electron chi connectivity index (χ3n) is 2.72. The Morgan fingerprint density at radius 3 is 2.84 bits per heavy atom. The fraction of sp³-hybridized carbons (Fsp3) is 0. The highest BCUT2D eigenvalue weighted by Crippen LogP contribution is 2.19. The standard InChI is InChI=1S/C14H7ClO3S/c15-8-3-4-11-9(6-8)13(16)10(7-18-11)14(17)12-2-1-5-19-12/h1-7H. The summed E-state index contributed by atoms with van der Waals surface area (Å²) in [4.78, 5) is 25.0. The number of rotatable bonds is 2. The van der Waals surface area contributed by atoms with Gasteiger partial charge in [0.15, 0.2) is 0 Å². The van der Waals surface area contributed by atoms with Crippen molar-refractivity contribution >= 4 is 39.7 Å². The van der Waals surface area contributed by atoms with Gasteiger partial charge < -0.3 is 4.42 Å². The van der Waals surface area contributed by atoms with Gasteiger partial charge in [0.2, 0.25) is 11.2 Å². The van der Waals surface area contributed by atoms with Crippen molar-refractivity contribution < 1.29 is 9.21 Å². The highest BCUT2D eigenvalue weighted by atomic mass is 35.5. The van der Waals surface area contributed by atoms with E-state index in [0.29, 0.717) is 20.9 Å². The average Bonchev–Trinajstić information content (AvgIpc) is 2.93. The van der Waals surface area contributed by atoms with Crippen LogP contribution in [0.4, 0.5) is 0 Å². The number of thiophene rings is 1. The molecule has 0 aliphatic carbocycles. The van der Waals surface area contributed by atoms with E-state index in [-0.39, 0.29) is 16.8 Å². The summed E-state index contributed by atoms with van der Waals surface area (Å²) in [6.45, 7) is 0. The summed E-state index contributed by atoms with van der Waals surface area (Å²) in [7, 11) is 0. The van der Waals surface area contributed by atoms with Gasteiger partial charge in [0, 0.05) is 5.02 Å². The molecule has 0 fully saturated rings. The predicted molar refractivity (Wildman–Crippen MR) is 75.2 cm³/mol. The smallest absolute Gasteiger partial charge is 0.210 e. The van der Waals surface area contributed by atoms with Crippen LogP contribution in [0, 0.1) is 0 Å². The molecule has 2 heterocycles. The first kappa shape index (κ1) is 12.1. The van der Waals surface area contributed by atoms with Gasteiger partial charge >= 0.3 is 0 Å². The quantitative estimate of drug-likeness (QED) is 0.676. The van der Waals surface area contributed by atoms with E-state index in [9.17, 15) is 9.59 Å². The van der Waals surface area contributed by atoms with E-state index < -0.39 is 0 Å². The largest absolute Gasteiger partial charge is 0.463 e. The van der Waals surface area contributed by atoms with Gasteiger partial charge in [0.25, 0.3) is 0 Å². The first-order valence-corrected chi connectivity index (χ1v) is 6.72. The molecule has 0 saturated carbocycles. The van der Waals surface area contributed by atoms with E-state index in [1.807, 2.05) is 0 Å². The lowest BCUT2D eigenvalue weighted by atomic mass is 10.1. The molecule has 0 bridgehead atoms. The Balaban J connectivity index is 2.23. The topological polar surface area (TPSA) is 47.3 Å². The molecule has 1 aromatic carbocycles. The second-order valence-electron chi connectivity index (χ2n) is 3.93. The molecule has 94 valence electrons. The molecule has 0 aliphatic rings. The number of halogens is 1. The number of hydrogen-bond donors (Lipinski definition) is 0. The molecule has 3 rings (SSSR count). The van der Waals surface area contributed by atoms with E-state index in [1.54, 1.807) is 29.6 Å². The van der Waals surface area contributed by atoms with Gasteiger partial charge in [-0.05, 0) is 29.6 Å². The minimum absolute atomic E-state index is 0.0252. The molecule has 0 spiro atoms. The van der Waals surface area contributed by atoms with Crippen LogP contribution in [0.25, 0.3) is 11.0 Å². The molecule has 0 N–H and O–H groups in total. The zero-order valence-corrected chi connectivity index (χ0v) is 11.1. The van der Waals surface area contributed by atoms with Crippen molar-refractivity contribution in [1.29, 1.82) is 0 Å². The number of fused-ring (bicyclic) bond motifs is 1. The van der Waals surface area contributed by atoms with Crippen molar-refractivity contribution in [3.05, 3.63) is 67.7 Å². The molecule has 0 unspecified atom stereocenters. The Kier molecular flexibility index (Phi) is 2.97. The van der Waals surface area contributed by atoms with Gasteiger partial charge in [0.1, 0.15) is 17.4 Å². The summed E-state index contributed by atoms with van der Waals surface area (Å²) in [6, 6.07) is 8.19. The van der Waals surface area contributed by atoms with Gasteiger partial charge in [-0.25, -0.2) is 0 Å². The Morgan fingerprint density at radius 1 is 1.26 bits per heavy atom. The third-order valence-corrected chi connectivity index (χ3v) is 3.83. The maximum Gasteiger partial charge on any atom is 0.210 e. The fourth-order valence-corrected chi connectivity index (χ4v) is 2.65. The Labute approximate surface area is 117 Å². The van der Waals surface area contributed by atoms with Gasteiger partial charge in [0.05, 0.1) is 10.3 Å². The lowest BCUT2D eigenvalue weighted by Gasteiger charge is -2.00. The van der Waals surface area contributed by atoms with Crippen LogP contribution in [0.15, 0.2) is 51.2 Å². The molecule has 0 radical (unpaired) electrons. The van der Waals surface area contributed by atoms with Gasteiger partial charge in [-0.2, -0.15) is 0 Å². The van der Waals surface area contributed by atoms with Crippen molar-refractivity contribution in [2.75, 3.05) is 0 Å². The van der Waals surface area contributed by atoms with Crippen LogP contribution >= 0.6 is 22.9 Å². The zero-order chi connectivity index (χ0) is 13.4. The lowest BCUT2D eigenvalue weighted by molar-refractivity contribution is 0.104. The third kappa shape index (κ3) is 2.09. The highest BCUT2D eigenvalue weighted by molar-refractivity contribution is 7.12. The van der Waals surface area contributed by atoms with Crippen LogP contribution in [-0.4, -0.2) is 5.78 Å². The SMILES string of the molecule is O=C(c1cccs1)c1coc2ccc(Cl)cc2c1=O. The minimum Gasteiger partial charge on any atom is -0.463 e. The number of benzene rings is 1. The van der Waals surface area contributed by atoms with Crippen molar-refractivity contribution in [3.63, 3.8) is 0 Å².